The van der Waals surface area contributed by atoms with E-state index >= 15 is 0 Å². The molecule has 18 heteroatoms. The largest absolute Gasteiger partial charge is 0.490 e. The predicted octanol–water partition coefficient (Wildman–Crippen LogP) is 4.40. The van der Waals surface area contributed by atoms with Crippen LogP contribution in [-0.2, 0) is 29.4 Å². The Hall–Kier alpha value is -3.35. The Bertz CT molecular complexity index is 1660. The molecule has 0 unspecified atom stereocenters. The van der Waals surface area contributed by atoms with Gasteiger partial charge in [-0.05, 0) is 31.0 Å². The van der Waals surface area contributed by atoms with E-state index in [2.05, 4.69) is 33.9 Å². The number of ether oxygens (including phenoxy) is 1. The summed E-state index contributed by atoms with van der Waals surface area (Å²) in [6.45, 7) is 5.20. The lowest BCUT2D eigenvalue weighted by atomic mass is 10.1. The quantitative estimate of drug-likeness (QED) is 0.277. The Morgan fingerprint density at radius 2 is 1.80 bits per heavy atom. The molecule has 0 saturated carbocycles. The average Bonchev–Trinajstić information content (AvgIpc) is 3.39. The number of nitrogens with one attached hydrogen (secondary N) is 2. The minimum Gasteiger partial charge on any atom is -0.475 e. The molecule has 12 nitrogen and oxygen atoms in total. The SMILES string of the molecule is CC(C)c1nc(-c2cccc(NS(=O)(=O)C3CCOCC3)c2)c(-c2ccnc(NCCS(C)(=O)=O)n2)s1.O=C(O)C(F)(F)F. The van der Waals surface area contributed by atoms with Crippen LogP contribution in [0.5, 0.6) is 0 Å². The Morgan fingerprint density at radius 1 is 1.14 bits per heavy atom. The van der Waals surface area contributed by atoms with Crippen molar-refractivity contribution in [3.63, 3.8) is 0 Å². The van der Waals surface area contributed by atoms with Gasteiger partial charge in [-0.2, -0.15) is 13.2 Å². The maximum absolute atomic E-state index is 12.9. The highest BCUT2D eigenvalue weighted by molar-refractivity contribution is 7.93. The number of halogens is 3. The lowest BCUT2D eigenvalue weighted by Gasteiger charge is -2.22. The molecule has 2 aromatic heterocycles. The molecule has 0 atom stereocenters. The molecule has 0 amide bonds. The zero-order valence-corrected chi connectivity index (χ0v) is 26.4. The third-order valence-corrected chi connectivity index (χ3v) is 10.2. The smallest absolute Gasteiger partial charge is 0.475 e. The van der Waals surface area contributed by atoms with E-state index < -0.39 is 37.3 Å². The topological polar surface area (TPSA) is 178 Å². The first-order valence-corrected chi connectivity index (χ1v) is 17.6. The Labute approximate surface area is 257 Å². The van der Waals surface area contributed by atoms with E-state index in [9.17, 15) is 30.0 Å². The van der Waals surface area contributed by atoms with Gasteiger partial charge in [-0.1, -0.05) is 26.0 Å². The second kappa shape index (κ2) is 14.6. The summed E-state index contributed by atoms with van der Waals surface area (Å²) in [4.78, 5) is 23.4. The molecule has 242 valence electrons. The first-order chi connectivity index (χ1) is 20.5. The number of rotatable bonds is 10. The number of thiazole rings is 1. The van der Waals surface area contributed by atoms with Gasteiger partial charge >= 0.3 is 12.1 Å². The zero-order valence-electron chi connectivity index (χ0n) is 24.0. The van der Waals surface area contributed by atoms with Gasteiger partial charge in [0.2, 0.25) is 16.0 Å². The van der Waals surface area contributed by atoms with E-state index in [1.807, 2.05) is 6.07 Å². The number of aromatic nitrogens is 3. The molecule has 44 heavy (non-hydrogen) atoms. The Kier molecular flexibility index (Phi) is 11.7. The van der Waals surface area contributed by atoms with Gasteiger partial charge in [0.15, 0.2) is 0 Å². The monoisotopic (exact) mass is 679 g/mol. The number of sulfone groups is 1. The van der Waals surface area contributed by atoms with Crippen molar-refractivity contribution in [3.8, 4) is 21.8 Å². The Balaban J connectivity index is 0.000000676. The zero-order chi connectivity index (χ0) is 32.7. The normalized spacial score (nSPS) is 14.5. The van der Waals surface area contributed by atoms with Gasteiger partial charge in [-0.25, -0.2) is 36.6 Å². The van der Waals surface area contributed by atoms with Gasteiger partial charge in [0, 0.05) is 49.4 Å². The van der Waals surface area contributed by atoms with E-state index in [0.29, 0.717) is 49.1 Å². The van der Waals surface area contributed by atoms with Crippen molar-refractivity contribution in [2.24, 2.45) is 0 Å². The fraction of sp³-hybridized carbons (Fsp3) is 0.462. The van der Waals surface area contributed by atoms with Gasteiger partial charge in [0.05, 0.1) is 32.3 Å². The van der Waals surface area contributed by atoms with Gasteiger partial charge in [0.1, 0.15) is 9.84 Å². The number of nitrogens with zero attached hydrogens (tertiary/aromatic N) is 3. The maximum Gasteiger partial charge on any atom is 0.490 e. The molecule has 3 N–H and O–H groups in total. The van der Waals surface area contributed by atoms with Crippen molar-refractivity contribution >= 4 is 48.8 Å². The predicted molar refractivity (Wildman–Crippen MR) is 161 cm³/mol. The fourth-order valence-electron chi connectivity index (χ4n) is 3.84. The van der Waals surface area contributed by atoms with Crippen molar-refractivity contribution < 1.29 is 44.6 Å². The molecule has 3 aromatic rings. The number of benzene rings is 1. The second-order valence-electron chi connectivity index (χ2n) is 10.0. The van der Waals surface area contributed by atoms with Crippen LogP contribution in [0.2, 0.25) is 0 Å². The molecule has 1 aliphatic heterocycles. The van der Waals surface area contributed by atoms with Crippen LogP contribution >= 0.6 is 11.3 Å². The summed E-state index contributed by atoms with van der Waals surface area (Å²) in [5.74, 6) is -2.28. The molecule has 1 aromatic carbocycles. The van der Waals surface area contributed by atoms with Crippen LogP contribution < -0.4 is 10.0 Å². The lowest BCUT2D eigenvalue weighted by molar-refractivity contribution is -0.192. The molecule has 1 saturated heterocycles. The lowest BCUT2D eigenvalue weighted by Crippen LogP contribution is -2.33. The van der Waals surface area contributed by atoms with Gasteiger partial charge in [-0.15, -0.1) is 11.3 Å². The minimum atomic E-state index is -5.08. The minimum absolute atomic E-state index is 0.0273. The van der Waals surface area contributed by atoms with Crippen LogP contribution in [0.15, 0.2) is 36.5 Å². The first kappa shape index (κ1) is 35.1. The maximum atomic E-state index is 12.9. The first-order valence-electron chi connectivity index (χ1n) is 13.2. The summed E-state index contributed by atoms with van der Waals surface area (Å²) in [7, 11) is -6.66. The fourth-order valence-corrected chi connectivity index (χ4v) is 6.80. The molecule has 4 rings (SSSR count). The summed E-state index contributed by atoms with van der Waals surface area (Å²) < 4.78 is 88.5. The number of carboxylic acids is 1. The van der Waals surface area contributed by atoms with Gasteiger partial charge < -0.3 is 15.2 Å². The molecule has 0 spiro atoms. The van der Waals surface area contributed by atoms with E-state index in [1.54, 1.807) is 30.5 Å². The summed E-state index contributed by atoms with van der Waals surface area (Å²) in [5.41, 5.74) is 2.57. The van der Waals surface area contributed by atoms with Crippen molar-refractivity contribution in [1.29, 1.82) is 0 Å². The Morgan fingerprint density at radius 3 is 2.39 bits per heavy atom. The van der Waals surface area contributed by atoms with Gasteiger partial charge in [-0.3, -0.25) is 4.72 Å². The summed E-state index contributed by atoms with van der Waals surface area (Å²) in [6, 6.07) is 8.98. The average molecular weight is 680 g/mol. The molecule has 1 fully saturated rings. The number of aliphatic carboxylic acids is 1. The number of hydrogen-bond donors (Lipinski definition) is 3. The van der Waals surface area contributed by atoms with E-state index in [-0.39, 0.29) is 18.2 Å². The standard InChI is InChI=1S/C24H31N5O5S3.C2HF3O2/c1-16(2)23-28-21(22(35-23)20-7-10-25-24(27-20)26-11-14-36(3,30)31)17-5-4-6-18(15-17)29-37(32,33)19-8-12-34-13-9-19;3-2(4,5)1(6)7/h4-7,10,15-16,19,29H,8-9,11-14H2,1-3H3,(H,25,26,27);(H,6,7). The number of carbonyl (C=O) groups is 1. The molecule has 1 aliphatic rings. The molecule has 0 aliphatic carbocycles. The molecular formula is C26H32F3N5O7S3. The summed E-state index contributed by atoms with van der Waals surface area (Å²) in [6.07, 6.45) is -1.35. The van der Waals surface area contributed by atoms with Crippen LogP contribution in [0.25, 0.3) is 21.8 Å². The van der Waals surface area contributed by atoms with Crippen LogP contribution in [0, 0.1) is 0 Å². The molecular weight excluding hydrogens is 648 g/mol. The van der Waals surface area contributed by atoms with Gasteiger partial charge in [0.25, 0.3) is 0 Å². The van der Waals surface area contributed by atoms with Crippen LogP contribution in [0.3, 0.4) is 0 Å². The molecule has 3 heterocycles. The second-order valence-corrected chi connectivity index (χ2v) is 15.3. The number of hydrogen-bond acceptors (Lipinski definition) is 11. The van der Waals surface area contributed by atoms with Crippen molar-refractivity contribution in [3.05, 3.63) is 41.5 Å². The highest BCUT2D eigenvalue weighted by Crippen LogP contribution is 2.39. The van der Waals surface area contributed by atoms with Crippen LogP contribution in [-0.4, -0.2) is 86.1 Å². The van der Waals surface area contributed by atoms with E-state index in [0.717, 1.165) is 15.4 Å². The van der Waals surface area contributed by atoms with E-state index in [4.69, 9.17) is 19.6 Å². The number of alkyl halides is 3. The molecule has 0 bridgehead atoms. The van der Waals surface area contributed by atoms with E-state index in [1.165, 1.54) is 17.6 Å². The highest BCUT2D eigenvalue weighted by atomic mass is 32.2. The number of sulfonamides is 1. The van der Waals surface area contributed by atoms with Crippen LogP contribution in [0.1, 0.15) is 37.6 Å². The summed E-state index contributed by atoms with van der Waals surface area (Å²) in [5, 5.41) is 10.5. The third kappa shape index (κ3) is 10.4. The third-order valence-electron chi connectivity index (χ3n) is 6.03. The van der Waals surface area contributed by atoms with Crippen molar-refractivity contribution in [1.82, 2.24) is 15.0 Å². The number of carboxylic acid groups (broad SMARTS) is 1. The van der Waals surface area contributed by atoms with Crippen molar-refractivity contribution in [2.45, 2.75) is 44.0 Å². The number of anilines is 2. The van der Waals surface area contributed by atoms with Crippen molar-refractivity contribution in [2.75, 3.05) is 41.8 Å². The van der Waals surface area contributed by atoms with Crippen LogP contribution in [0.4, 0.5) is 24.8 Å². The summed E-state index contributed by atoms with van der Waals surface area (Å²) >= 11 is 1.52. The molecule has 0 radical (unpaired) electrons. The highest BCUT2D eigenvalue weighted by Gasteiger charge is 2.38.